The first-order valence-corrected chi connectivity index (χ1v) is 9.34. The average molecular weight is 346 g/mol. The Morgan fingerprint density at radius 1 is 0.958 bits per heavy atom. The molecule has 0 aromatic heterocycles. The molecule has 6 heteroatoms. The van der Waals surface area contributed by atoms with Crippen molar-refractivity contribution in [1.82, 2.24) is 4.72 Å². The molecule has 2 rings (SSSR count). The van der Waals surface area contributed by atoms with Gasteiger partial charge in [0.05, 0.1) is 4.90 Å². The Kier molecular flexibility index (Phi) is 6.11. The molecule has 0 unspecified atom stereocenters. The quantitative estimate of drug-likeness (QED) is 0.809. The van der Waals surface area contributed by atoms with E-state index in [0.717, 1.165) is 17.7 Å². The van der Waals surface area contributed by atoms with E-state index in [1.807, 2.05) is 24.3 Å². The summed E-state index contributed by atoms with van der Waals surface area (Å²) < 4.78 is 25.6. The Balaban J connectivity index is 1.89. The molecular formula is C18H22N2O3S. The number of rotatable bonds is 7. The zero-order valence-electron chi connectivity index (χ0n) is 13.9. The third-order valence-electron chi connectivity index (χ3n) is 3.79. The number of anilines is 1. The summed E-state index contributed by atoms with van der Waals surface area (Å²) in [7, 11) is -2.05. The van der Waals surface area contributed by atoms with Gasteiger partial charge in [-0.3, -0.25) is 4.79 Å². The minimum absolute atomic E-state index is 0.0637. The van der Waals surface area contributed by atoms with Crippen LogP contribution in [0.25, 0.3) is 0 Å². The fraction of sp³-hybridized carbons (Fsp3) is 0.278. The van der Waals surface area contributed by atoms with Crippen molar-refractivity contribution in [1.29, 1.82) is 0 Å². The molecule has 0 aliphatic rings. The second-order valence-electron chi connectivity index (χ2n) is 5.45. The summed E-state index contributed by atoms with van der Waals surface area (Å²) in [4.78, 5) is 12.2. The lowest BCUT2D eigenvalue weighted by Gasteiger charge is -2.07. The molecule has 0 fully saturated rings. The number of hydrogen-bond donors (Lipinski definition) is 2. The van der Waals surface area contributed by atoms with Gasteiger partial charge in [0.1, 0.15) is 0 Å². The minimum atomic E-state index is -3.42. The second-order valence-corrected chi connectivity index (χ2v) is 7.34. The van der Waals surface area contributed by atoms with Crippen LogP contribution in [-0.4, -0.2) is 21.4 Å². The Morgan fingerprint density at radius 3 is 2.08 bits per heavy atom. The monoisotopic (exact) mass is 346 g/mol. The maximum Gasteiger partial charge on any atom is 0.240 e. The number of hydrogen-bond acceptors (Lipinski definition) is 3. The third kappa shape index (κ3) is 4.91. The van der Waals surface area contributed by atoms with E-state index in [1.54, 1.807) is 24.3 Å². The van der Waals surface area contributed by atoms with E-state index in [0.29, 0.717) is 12.8 Å². The molecule has 0 spiro atoms. The van der Waals surface area contributed by atoms with Gasteiger partial charge in [-0.1, -0.05) is 31.2 Å². The molecular weight excluding hydrogens is 324 g/mol. The number of amides is 1. The third-order valence-corrected chi connectivity index (χ3v) is 5.22. The lowest BCUT2D eigenvalue weighted by atomic mass is 10.1. The van der Waals surface area contributed by atoms with Gasteiger partial charge in [-0.25, -0.2) is 13.1 Å². The highest BCUT2D eigenvalue weighted by Gasteiger charge is 2.10. The molecule has 0 saturated carbocycles. The van der Waals surface area contributed by atoms with Crippen molar-refractivity contribution < 1.29 is 13.2 Å². The maximum absolute atomic E-state index is 12.0. The minimum Gasteiger partial charge on any atom is -0.326 e. The van der Waals surface area contributed by atoms with Crippen molar-refractivity contribution in [2.75, 3.05) is 12.4 Å². The largest absolute Gasteiger partial charge is 0.326 e. The molecule has 1 amide bonds. The highest BCUT2D eigenvalue weighted by atomic mass is 32.2. The van der Waals surface area contributed by atoms with E-state index in [4.69, 9.17) is 0 Å². The smallest absolute Gasteiger partial charge is 0.240 e. The Bertz CT molecular complexity index is 782. The van der Waals surface area contributed by atoms with Crippen LogP contribution in [0, 0.1) is 0 Å². The number of nitrogens with one attached hydrogen (secondary N) is 2. The van der Waals surface area contributed by atoms with Crippen LogP contribution in [0.15, 0.2) is 53.4 Å². The molecule has 0 radical (unpaired) electrons. The molecule has 2 aromatic carbocycles. The molecule has 0 heterocycles. The maximum atomic E-state index is 12.0. The first-order chi connectivity index (χ1) is 11.4. The van der Waals surface area contributed by atoms with Crippen LogP contribution < -0.4 is 10.0 Å². The zero-order valence-corrected chi connectivity index (χ0v) is 14.7. The lowest BCUT2D eigenvalue weighted by Crippen LogP contribution is -2.18. The molecule has 5 nitrogen and oxygen atoms in total. The summed E-state index contributed by atoms with van der Waals surface area (Å²) in [6.45, 7) is 2.08. The van der Waals surface area contributed by atoms with Gasteiger partial charge in [-0.2, -0.15) is 0 Å². The number of sulfonamides is 1. The van der Waals surface area contributed by atoms with Gasteiger partial charge < -0.3 is 5.32 Å². The van der Waals surface area contributed by atoms with Crippen LogP contribution in [0.3, 0.4) is 0 Å². The summed E-state index contributed by atoms with van der Waals surface area (Å²) >= 11 is 0. The van der Waals surface area contributed by atoms with Gasteiger partial charge in [-0.05, 0) is 55.3 Å². The molecule has 24 heavy (non-hydrogen) atoms. The van der Waals surface area contributed by atoms with E-state index < -0.39 is 10.0 Å². The predicted octanol–water partition coefficient (Wildman–Crippen LogP) is 2.73. The second kappa shape index (κ2) is 8.08. The van der Waals surface area contributed by atoms with E-state index in [9.17, 15) is 13.2 Å². The summed E-state index contributed by atoms with van der Waals surface area (Å²) in [5, 5.41) is 2.86. The van der Waals surface area contributed by atoms with Gasteiger partial charge in [0.2, 0.25) is 15.9 Å². The number of carbonyl (C=O) groups excluding carboxylic acids is 1. The van der Waals surface area contributed by atoms with Crippen LogP contribution in [0.1, 0.15) is 24.5 Å². The highest BCUT2D eigenvalue weighted by Crippen LogP contribution is 2.13. The SMILES string of the molecule is CCc1ccc(NC(=O)CCc2ccc(S(=O)(=O)NC)cc2)cc1. The van der Waals surface area contributed by atoms with Gasteiger partial charge >= 0.3 is 0 Å². The van der Waals surface area contributed by atoms with Crippen molar-refractivity contribution in [3.63, 3.8) is 0 Å². The normalized spacial score (nSPS) is 11.2. The summed E-state index contributed by atoms with van der Waals surface area (Å²) in [5.41, 5.74) is 2.93. The summed E-state index contributed by atoms with van der Waals surface area (Å²) in [5.74, 6) is -0.0637. The fourth-order valence-electron chi connectivity index (χ4n) is 2.26. The Labute approximate surface area is 143 Å². The Morgan fingerprint density at radius 2 is 1.54 bits per heavy atom. The first-order valence-electron chi connectivity index (χ1n) is 7.86. The van der Waals surface area contributed by atoms with Crippen LogP contribution in [0.4, 0.5) is 5.69 Å². The molecule has 0 aliphatic carbocycles. The van der Waals surface area contributed by atoms with Crippen molar-refractivity contribution >= 4 is 21.6 Å². The average Bonchev–Trinajstić information content (AvgIpc) is 2.61. The molecule has 0 bridgehead atoms. The zero-order chi connectivity index (χ0) is 17.6. The first kappa shape index (κ1) is 18.2. The van der Waals surface area contributed by atoms with Crippen LogP contribution >= 0.6 is 0 Å². The predicted molar refractivity (Wildman–Crippen MR) is 95.5 cm³/mol. The van der Waals surface area contributed by atoms with Crippen molar-refractivity contribution in [3.8, 4) is 0 Å². The standard InChI is InChI=1S/C18H22N2O3S/c1-3-14-4-9-16(10-5-14)20-18(21)13-8-15-6-11-17(12-7-15)24(22,23)19-2/h4-7,9-12,19H,3,8,13H2,1-2H3,(H,20,21). The van der Waals surface area contributed by atoms with Crippen LogP contribution in [0.2, 0.25) is 0 Å². The summed E-state index contributed by atoms with van der Waals surface area (Å²) in [6.07, 6.45) is 1.86. The molecule has 0 atom stereocenters. The number of benzene rings is 2. The highest BCUT2D eigenvalue weighted by molar-refractivity contribution is 7.89. The molecule has 2 N–H and O–H groups in total. The Hall–Kier alpha value is -2.18. The fourth-order valence-corrected chi connectivity index (χ4v) is 2.99. The van der Waals surface area contributed by atoms with Gasteiger partial charge in [-0.15, -0.1) is 0 Å². The van der Waals surface area contributed by atoms with Crippen molar-refractivity contribution in [2.45, 2.75) is 31.1 Å². The van der Waals surface area contributed by atoms with Gasteiger partial charge in [0, 0.05) is 12.1 Å². The lowest BCUT2D eigenvalue weighted by molar-refractivity contribution is -0.116. The topological polar surface area (TPSA) is 75.3 Å². The van der Waals surface area contributed by atoms with Crippen LogP contribution in [-0.2, 0) is 27.7 Å². The molecule has 128 valence electrons. The van der Waals surface area contributed by atoms with E-state index in [-0.39, 0.29) is 10.8 Å². The van der Waals surface area contributed by atoms with E-state index >= 15 is 0 Å². The molecule has 2 aromatic rings. The van der Waals surface area contributed by atoms with Crippen molar-refractivity contribution in [3.05, 3.63) is 59.7 Å². The van der Waals surface area contributed by atoms with E-state index in [1.165, 1.54) is 12.6 Å². The molecule has 0 saturated heterocycles. The molecule has 0 aliphatic heterocycles. The van der Waals surface area contributed by atoms with E-state index in [2.05, 4.69) is 17.0 Å². The van der Waals surface area contributed by atoms with Gasteiger partial charge in [0.25, 0.3) is 0 Å². The summed E-state index contributed by atoms with van der Waals surface area (Å²) in [6, 6.07) is 14.3. The number of carbonyl (C=O) groups is 1. The van der Waals surface area contributed by atoms with Gasteiger partial charge in [0.15, 0.2) is 0 Å². The van der Waals surface area contributed by atoms with Crippen molar-refractivity contribution in [2.24, 2.45) is 0 Å². The van der Waals surface area contributed by atoms with Crippen LogP contribution in [0.5, 0.6) is 0 Å². The number of aryl methyl sites for hydroxylation is 2.